The van der Waals surface area contributed by atoms with Crippen LogP contribution in [0.4, 0.5) is 4.39 Å². The largest absolute Gasteiger partial charge is 0.374 e. The van der Waals surface area contributed by atoms with Crippen molar-refractivity contribution in [2.24, 2.45) is 5.92 Å². The van der Waals surface area contributed by atoms with Crippen LogP contribution in [-0.2, 0) is 19.1 Å². The van der Waals surface area contributed by atoms with Gasteiger partial charge in [0.25, 0.3) is 0 Å². The maximum absolute atomic E-state index is 12.7. The van der Waals surface area contributed by atoms with Gasteiger partial charge in [0, 0.05) is 31.9 Å². The molecule has 9 heteroatoms. The van der Waals surface area contributed by atoms with Crippen LogP contribution in [0.15, 0.2) is 23.8 Å². The Kier molecular flexibility index (Phi) is 11.2. The fourth-order valence-corrected chi connectivity index (χ4v) is 3.73. The van der Waals surface area contributed by atoms with Crippen molar-refractivity contribution < 1.29 is 28.7 Å². The molecule has 8 nitrogen and oxygen atoms in total. The van der Waals surface area contributed by atoms with Crippen LogP contribution in [0, 0.1) is 5.92 Å². The SMILES string of the molecule is O=C1C[C@@H](C(=O)NO)CCCOC2C=CC(=CC2)C[C@@H](C(=O)NCCCCCCF)N1. The van der Waals surface area contributed by atoms with Crippen LogP contribution in [0.2, 0.25) is 0 Å². The molecule has 0 saturated heterocycles. The van der Waals surface area contributed by atoms with Gasteiger partial charge in [-0.15, -0.1) is 0 Å². The summed E-state index contributed by atoms with van der Waals surface area (Å²) < 4.78 is 18.0. The zero-order chi connectivity index (χ0) is 22.5. The van der Waals surface area contributed by atoms with Crippen molar-refractivity contribution in [3.05, 3.63) is 23.8 Å². The first-order chi connectivity index (χ1) is 15.0. The van der Waals surface area contributed by atoms with Crippen molar-refractivity contribution in [2.75, 3.05) is 19.8 Å². The van der Waals surface area contributed by atoms with Crippen molar-refractivity contribution in [1.29, 1.82) is 0 Å². The molecular weight excluding hydrogens is 405 g/mol. The minimum Gasteiger partial charge on any atom is -0.374 e. The second-order valence-electron chi connectivity index (χ2n) is 8.02. The third-order valence-electron chi connectivity index (χ3n) is 5.53. The number of rotatable bonds is 8. The molecule has 4 N–H and O–H groups in total. The number of carbonyl (C=O) groups is 3. The first-order valence-electron chi connectivity index (χ1n) is 11.1. The van der Waals surface area contributed by atoms with Gasteiger partial charge in [0.2, 0.25) is 17.7 Å². The summed E-state index contributed by atoms with van der Waals surface area (Å²) in [5.74, 6) is -2.04. The van der Waals surface area contributed by atoms with E-state index in [-0.39, 0.29) is 25.1 Å². The Morgan fingerprint density at radius 1 is 1.19 bits per heavy atom. The molecule has 3 amide bonds. The maximum atomic E-state index is 12.7. The van der Waals surface area contributed by atoms with Crippen molar-refractivity contribution in [3.63, 3.8) is 0 Å². The predicted octanol–water partition coefficient (Wildman–Crippen LogP) is 2.08. The lowest BCUT2D eigenvalue weighted by Crippen LogP contribution is -2.48. The quantitative estimate of drug-likeness (QED) is 0.263. The molecule has 2 heterocycles. The predicted molar refractivity (Wildman–Crippen MR) is 113 cm³/mol. The van der Waals surface area contributed by atoms with Gasteiger partial charge in [-0.3, -0.25) is 24.0 Å². The van der Waals surface area contributed by atoms with Gasteiger partial charge in [-0.05, 0) is 37.7 Å². The van der Waals surface area contributed by atoms with Crippen LogP contribution >= 0.6 is 0 Å². The number of nitrogens with one attached hydrogen (secondary N) is 3. The van der Waals surface area contributed by atoms with Crippen molar-refractivity contribution in [1.82, 2.24) is 16.1 Å². The smallest absolute Gasteiger partial charge is 0.246 e. The van der Waals surface area contributed by atoms with E-state index in [1.54, 1.807) is 5.48 Å². The van der Waals surface area contributed by atoms with Gasteiger partial charge < -0.3 is 15.4 Å². The molecule has 0 saturated carbocycles. The molecule has 0 aromatic heterocycles. The Labute approximate surface area is 182 Å². The summed E-state index contributed by atoms with van der Waals surface area (Å²) in [4.78, 5) is 37.3. The van der Waals surface area contributed by atoms with E-state index in [0.29, 0.717) is 45.3 Å². The summed E-state index contributed by atoms with van der Waals surface area (Å²) in [5.41, 5.74) is 2.55. The van der Waals surface area contributed by atoms with Crippen molar-refractivity contribution >= 4 is 17.7 Å². The van der Waals surface area contributed by atoms with Crippen LogP contribution in [0.25, 0.3) is 0 Å². The third kappa shape index (κ3) is 9.18. The summed E-state index contributed by atoms with van der Waals surface area (Å²) in [6, 6.07) is -0.771. The Bertz CT molecular complexity index is 668. The van der Waals surface area contributed by atoms with Gasteiger partial charge >= 0.3 is 0 Å². The summed E-state index contributed by atoms with van der Waals surface area (Å²) in [7, 11) is 0. The molecule has 31 heavy (non-hydrogen) atoms. The van der Waals surface area contributed by atoms with E-state index < -0.39 is 23.8 Å². The number of hydroxylamine groups is 1. The van der Waals surface area contributed by atoms with Crippen LogP contribution in [-0.4, -0.2) is 54.9 Å². The number of hydrogen-bond donors (Lipinski definition) is 4. The molecule has 2 aliphatic heterocycles. The maximum Gasteiger partial charge on any atom is 0.246 e. The second kappa shape index (κ2) is 13.9. The molecule has 174 valence electrons. The average molecular weight is 440 g/mol. The van der Waals surface area contributed by atoms with Gasteiger partial charge in [0.15, 0.2) is 0 Å². The Morgan fingerprint density at radius 3 is 2.71 bits per heavy atom. The fraction of sp³-hybridized carbons (Fsp3) is 0.682. The summed E-state index contributed by atoms with van der Waals surface area (Å²) >= 11 is 0. The normalized spacial score (nSPS) is 24.6. The van der Waals surface area contributed by atoms with E-state index in [1.807, 2.05) is 18.2 Å². The summed E-state index contributed by atoms with van der Waals surface area (Å²) in [5, 5.41) is 14.6. The van der Waals surface area contributed by atoms with Gasteiger partial charge in [0.05, 0.1) is 12.8 Å². The van der Waals surface area contributed by atoms with Gasteiger partial charge in [0.1, 0.15) is 6.04 Å². The molecular formula is C22H34FN3O5. The number of unbranched alkanes of at least 4 members (excludes halogenated alkanes) is 3. The number of alkyl halides is 1. The van der Waals surface area contributed by atoms with E-state index in [4.69, 9.17) is 9.94 Å². The summed E-state index contributed by atoms with van der Waals surface area (Å²) in [6.07, 6.45) is 10.5. The lowest BCUT2D eigenvalue weighted by Gasteiger charge is -2.24. The first kappa shape index (κ1) is 25.0. The molecule has 0 fully saturated rings. The number of allylic oxidation sites excluding steroid dienone is 1. The standard InChI is InChI=1S/C22H34FN3O5/c23-11-3-1-2-4-12-24-22(29)19-14-16-7-9-18(10-8-16)31-13-5-6-17(21(28)26-30)15-20(27)25-19/h7-9,17-19,30H,1-6,10-15H2,(H,24,29)(H,25,27)(H,26,28)/t17-,18?,19-/m0/s1. The van der Waals surface area contributed by atoms with E-state index in [2.05, 4.69) is 10.6 Å². The molecule has 0 spiro atoms. The van der Waals surface area contributed by atoms with Crippen LogP contribution in [0.3, 0.4) is 0 Å². The highest BCUT2D eigenvalue weighted by molar-refractivity contribution is 5.90. The van der Waals surface area contributed by atoms with E-state index in [1.165, 1.54) is 0 Å². The first-order valence-corrected chi connectivity index (χ1v) is 11.1. The molecule has 3 atom stereocenters. The van der Waals surface area contributed by atoms with Gasteiger partial charge in [-0.25, -0.2) is 5.48 Å². The number of ether oxygens (including phenoxy) is 1. The molecule has 3 rings (SSSR count). The van der Waals surface area contributed by atoms with Gasteiger partial charge in [-0.1, -0.05) is 31.1 Å². The molecule has 0 aromatic carbocycles. The lowest BCUT2D eigenvalue weighted by atomic mass is 9.95. The van der Waals surface area contributed by atoms with E-state index in [9.17, 15) is 18.8 Å². The minimum absolute atomic E-state index is 0.0528. The van der Waals surface area contributed by atoms with Crippen molar-refractivity contribution in [2.45, 2.75) is 69.9 Å². The van der Waals surface area contributed by atoms with Gasteiger partial charge in [-0.2, -0.15) is 0 Å². The molecule has 3 aliphatic rings. The van der Waals surface area contributed by atoms with Crippen LogP contribution < -0.4 is 16.1 Å². The molecule has 0 aromatic rings. The Hall–Kier alpha value is -2.26. The Morgan fingerprint density at radius 2 is 2.00 bits per heavy atom. The fourth-order valence-electron chi connectivity index (χ4n) is 3.73. The monoisotopic (exact) mass is 439 g/mol. The average Bonchev–Trinajstić information content (AvgIpc) is 2.77. The van der Waals surface area contributed by atoms with E-state index in [0.717, 1.165) is 24.8 Å². The van der Waals surface area contributed by atoms with E-state index >= 15 is 0 Å². The number of hydrogen-bond acceptors (Lipinski definition) is 5. The highest BCUT2D eigenvalue weighted by atomic mass is 19.1. The molecule has 1 unspecified atom stereocenters. The Balaban J connectivity index is 2.02. The number of fused-ring (bicyclic) bond motifs is 10. The lowest BCUT2D eigenvalue weighted by molar-refractivity contribution is -0.137. The minimum atomic E-state index is -0.771. The second-order valence-corrected chi connectivity index (χ2v) is 8.02. The van der Waals surface area contributed by atoms with Crippen molar-refractivity contribution in [3.8, 4) is 0 Å². The highest BCUT2D eigenvalue weighted by Gasteiger charge is 2.27. The molecule has 1 aliphatic carbocycles. The zero-order valence-electron chi connectivity index (χ0n) is 17.9. The van der Waals surface area contributed by atoms with Crippen LogP contribution in [0.5, 0.6) is 0 Å². The topological polar surface area (TPSA) is 117 Å². The molecule has 2 bridgehead atoms. The zero-order valence-corrected chi connectivity index (χ0v) is 17.9. The summed E-state index contributed by atoms with van der Waals surface area (Å²) in [6.45, 7) is 0.577. The van der Waals surface area contributed by atoms with Crippen LogP contribution in [0.1, 0.15) is 57.8 Å². The molecule has 0 radical (unpaired) electrons. The number of carbonyl (C=O) groups excluding carboxylic acids is 3. The third-order valence-corrected chi connectivity index (χ3v) is 5.53. The highest BCUT2D eigenvalue weighted by Crippen LogP contribution is 2.20. The number of halogens is 1. The number of amides is 3.